The molecule has 0 aliphatic carbocycles. The first-order chi connectivity index (χ1) is 8.71. The molecule has 1 aromatic rings. The van der Waals surface area contributed by atoms with Crippen molar-refractivity contribution >= 4 is 27.7 Å². The molecule has 0 aromatic carbocycles. The Labute approximate surface area is 117 Å². The minimum Gasteiger partial charge on any atom is -0.369 e. The largest absolute Gasteiger partial charge is 0.369 e. The average Bonchev–Trinajstić information content (AvgIpc) is 2.40. The molecule has 1 atom stereocenters. The van der Waals surface area contributed by atoms with Gasteiger partial charge >= 0.3 is 0 Å². The molecule has 6 heteroatoms. The van der Waals surface area contributed by atoms with Gasteiger partial charge in [0, 0.05) is 12.7 Å². The number of nitrogen functional groups attached to an aromatic ring is 1. The summed E-state index contributed by atoms with van der Waals surface area (Å²) in [7, 11) is 0. The number of hydrogen-bond donors (Lipinski definition) is 3. The van der Waals surface area contributed by atoms with Crippen LogP contribution in [-0.4, -0.2) is 16.5 Å². The lowest BCUT2D eigenvalue weighted by atomic mass is 9.99. The second kappa shape index (κ2) is 8.26. The molecule has 4 N–H and O–H groups in total. The molecule has 0 aliphatic heterocycles. The molecule has 0 saturated heterocycles. The summed E-state index contributed by atoms with van der Waals surface area (Å²) in [6.07, 6.45) is 6.65. The first kappa shape index (κ1) is 15.2. The van der Waals surface area contributed by atoms with Crippen molar-refractivity contribution in [1.29, 1.82) is 0 Å². The van der Waals surface area contributed by atoms with Crippen LogP contribution in [0.2, 0.25) is 0 Å². The molecule has 0 radical (unpaired) electrons. The van der Waals surface area contributed by atoms with Crippen LogP contribution < -0.4 is 16.6 Å². The lowest BCUT2D eigenvalue weighted by Crippen LogP contribution is -2.16. The van der Waals surface area contributed by atoms with Crippen LogP contribution in [-0.2, 0) is 0 Å². The number of nitrogens with zero attached hydrogens (tertiary/aromatic N) is 2. The van der Waals surface area contributed by atoms with Crippen molar-refractivity contribution in [2.24, 2.45) is 11.8 Å². The standard InChI is InChI=1S/C12H22BrN5/c1-3-5-6-9(4-2)7-15-11-10(13)8-16-12(17-11)18-14/h8-9H,3-7,14H2,1-2H3,(H2,15,16,17,18). The molecule has 18 heavy (non-hydrogen) atoms. The van der Waals surface area contributed by atoms with Crippen molar-refractivity contribution < 1.29 is 0 Å². The van der Waals surface area contributed by atoms with Crippen molar-refractivity contribution in [3.8, 4) is 0 Å². The van der Waals surface area contributed by atoms with Gasteiger partial charge in [0.25, 0.3) is 0 Å². The van der Waals surface area contributed by atoms with Gasteiger partial charge in [-0.1, -0.05) is 33.1 Å². The van der Waals surface area contributed by atoms with Crippen LogP contribution in [0.3, 0.4) is 0 Å². The maximum Gasteiger partial charge on any atom is 0.239 e. The smallest absolute Gasteiger partial charge is 0.239 e. The van der Waals surface area contributed by atoms with Crippen LogP contribution in [0.5, 0.6) is 0 Å². The molecule has 102 valence electrons. The van der Waals surface area contributed by atoms with Gasteiger partial charge in [0.2, 0.25) is 5.95 Å². The van der Waals surface area contributed by atoms with E-state index in [9.17, 15) is 0 Å². The molecule has 0 aliphatic rings. The molecule has 1 aromatic heterocycles. The Morgan fingerprint density at radius 2 is 2.22 bits per heavy atom. The Balaban J connectivity index is 2.55. The zero-order valence-corrected chi connectivity index (χ0v) is 12.6. The molecule has 1 rings (SSSR count). The van der Waals surface area contributed by atoms with E-state index in [2.05, 4.69) is 50.5 Å². The fourth-order valence-corrected chi connectivity index (χ4v) is 2.08. The first-order valence-electron chi connectivity index (χ1n) is 6.44. The highest BCUT2D eigenvalue weighted by Gasteiger charge is 2.08. The van der Waals surface area contributed by atoms with Crippen LogP contribution >= 0.6 is 15.9 Å². The summed E-state index contributed by atoms with van der Waals surface area (Å²) in [5.74, 6) is 7.18. The third-order valence-corrected chi connectivity index (χ3v) is 3.55. The van der Waals surface area contributed by atoms with Crippen molar-refractivity contribution in [1.82, 2.24) is 9.97 Å². The third-order valence-electron chi connectivity index (χ3n) is 2.97. The summed E-state index contributed by atoms with van der Waals surface area (Å²) in [5, 5.41) is 3.35. The molecule has 5 nitrogen and oxygen atoms in total. The molecule has 0 saturated carbocycles. The number of unbranched alkanes of at least 4 members (excludes halogenated alkanes) is 1. The Morgan fingerprint density at radius 3 is 2.83 bits per heavy atom. The van der Waals surface area contributed by atoms with Gasteiger partial charge in [-0.25, -0.2) is 10.8 Å². The van der Waals surface area contributed by atoms with Crippen molar-refractivity contribution in [3.63, 3.8) is 0 Å². The molecule has 0 amide bonds. The predicted octanol–water partition coefficient (Wildman–Crippen LogP) is 3.15. The van der Waals surface area contributed by atoms with Gasteiger partial charge in [0.05, 0.1) is 4.47 Å². The number of hydrogen-bond acceptors (Lipinski definition) is 5. The van der Waals surface area contributed by atoms with Gasteiger partial charge in [-0.05, 0) is 28.3 Å². The van der Waals surface area contributed by atoms with E-state index in [4.69, 9.17) is 5.84 Å². The molecular formula is C12H22BrN5. The van der Waals surface area contributed by atoms with Gasteiger partial charge in [-0.2, -0.15) is 4.98 Å². The van der Waals surface area contributed by atoms with Crippen LogP contribution in [0.4, 0.5) is 11.8 Å². The molecule has 0 bridgehead atoms. The van der Waals surface area contributed by atoms with E-state index in [0.29, 0.717) is 11.9 Å². The molecular weight excluding hydrogens is 294 g/mol. The van der Waals surface area contributed by atoms with E-state index in [1.54, 1.807) is 6.20 Å². The molecule has 0 fully saturated rings. The normalized spacial score (nSPS) is 12.2. The lowest BCUT2D eigenvalue weighted by molar-refractivity contribution is 0.472. The Morgan fingerprint density at radius 1 is 1.44 bits per heavy atom. The van der Waals surface area contributed by atoms with Crippen molar-refractivity contribution in [2.75, 3.05) is 17.3 Å². The van der Waals surface area contributed by atoms with Crippen LogP contribution in [0.1, 0.15) is 39.5 Å². The number of nitrogens with two attached hydrogens (primary N) is 1. The maximum atomic E-state index is 5.30. The monoisotopic (exact) mass is 315 g/mol. The van der Waals surface area contributed by atoms with Gasteiger partial charge in [-0.15, -0.1) is 0 Å². The first-order valence-corrected chi connectivity index (χ1v) is 7.23. The highest BCUT2D eigenvalue weighted by molar-refractivity contribution is 9.10. The number of nitrogens with one attached hydrogen (secondary N) is 2. The minimum atomic E-state index is 0.419. The summed E-state index contributed by atoms with van der Waals surface area (Å²) in [6.45, 7) is 5.38. The molecule has 1 unspecified atom stereocenters. The second-order valence-corrected chi connectivity index (χ2v) is 5.19. The number of rotatable bonds is 8. The van der Waals surface area contributed by atoms with Crippen LogP contribution in [0.25, 0.3) is 0 Å². The van der Waals surface area contributed by atoms with Crippen molar-refractivity contribution in [3.05, 3.63) is 10.7 Å². The topological polar surface area (TPSA) is 75.9 Å². The Kier molecular flexibility index (Phi) is 6.97. The lowest BCUT2D eigenvalue weighted by Gasteiger charge is -2.16. The van der Waals surface area contributed by atoms with Gasteiger partial charge in [0.15, 0.2) is 0 Å². The highest BCUT2D eigenvalue weighted by atomic mass is 79.9. The van der Waals surface area contributed by atoms with Crippen LogP contribution in [0.15, 0.2) is 10.7 Å². The SMILES string of the molecule is CCCCC(CC)CNc1nc(NN)ncc1Br. The zero-order chi connectivity index (χ0) is 13.4. The number of aromatic nitrogens is 2. The minimum absolute atomic E-state index is 0.419. The summed E-state index contributed by atoms with van der Waals surface area (Å²) in [4.78, 5) is 8.29. The Hall–Kier alpha value is -0.880. The van der Waals surface area contributed by atoms with Crippen molar-refractivity contribution in [2.45, 2.75) is 39.5 Å². The average molecular weight is 316 g/mol. The van der Waals surface area contributed by atoms with E-state index in [0.717, 1.165) is 16.8 Å². The quantitative estimate of drug-likeness (QED) is 0.507. The van der Waals surface area contributed by atoms with E-state index in [1.165, 1.54) is 25.7 Å². The number of anilines is 2. The van der Waals surface area contributed by atoms with Gasteiger partial charge < -0.3 is 5.32 Å². The fraction of sp³-hybridized carbons (Fsp3) is 0.667. The maximum absolute atomic E-state index is 5.30. The number of halogens is 1. The highest BCUT2D eigenvalue weighted by Crippen LogP contribution is 2.21. The summed E-state index contributed by atoms with van der Waals surface area (Å²) < 4.78 is 0.854. The second-order valence-electron chi connectivity index (χ2n) is 4.33. The summed E-state index contributed by atoms with van der Waals surface area (Å²) >= 11 is 3.43. The summed E-state index contributed by atoms with van der Waals surface area (Å²) in [5.41, 5.74) is 2.45. The fourth-order valence-electron chi connectivity index (χ4n) is 1.74. The van der Waals surface area contributed by atoms with Gasteiger partial charge in [0.1, 0.15) is 5.82 Å². The van der Waals surface area contributed by atoms with E-state index < -0.39 is 0 Å². The zero-order valence-electron chi connectivity index (χ0n) is 11.0. The molecule has 0 spiro atoms. The van der Waals surface area contributed by atoms with Gasteiger partial charge in [-0.3, -0.25) is 5.43 Å². The summed E-state index contributed by atoms with van der Waals surface area (Å²) in [6, 6.07) is 0. The van der Waals surface area contributed by atoms with E-state index in [-0.39, 0.29) is 0 Å². The van der Waals surface area contributed by atoms with E-state index >= 15 is 0 Å². The number of hydrazine groups is 1. The Bertz CT molecular complexity index is 358. The van der Waals surface area contributed by atoms with E-state index in [1.807, 2.05) is 0 Å². The third kappa shape index (κ3) is 4.78. The molecule has 1 heterocycles. The van der Waals surface area contributed by atoms with Crippen LogP contribution in [0, 0.1) is 5.92 Å². The predicted molar refractivity (Wildman–Crippen MR) is 79.3 cm³/mol.